The molecule has 2 rings (SSSR count). The quantitative estimate of drug-likeness (QED) is 0.697. The van der Waals surface area contributed by atoms with Gasteiger partial charge < -0.3 is 9.84 Å². The smallest absolute Gasteiger partial charge is 0.305 e. The molecular weight excluding hydrogens is 182 g/mol. The van der Waals surface area contributed by atoms with E-state index in [-0.39, 0.29) is 12.5 Å². The lowest BCUT2D eigenvalue weighted by molar-refractivity contribution is -0.138. The molecule has 1 aliphatic heterocycles. The summed E-state index contributed by atoms with van der Waals surface area (Å²) >= 11 is 0. The van der Waals surface area contributed by atoms with Crippen molar-refractivity contribution in [3.8, 4) is 0 Å². The number of hydrogen-bond acceptors (Lipinski definition) is 3. The summed E-state index contributed by atoms with van der Waals surface area (Å²) in [6.07, 6.45) is 1.55. The van der Waals surface area contributed by atoms with Gasteiger partial charge >= 0.3 is 5.97 Å². The Kier molecular flexibility index (Phi) is 2.74. The zero-order valence-electron chi connectivity index (χ0n) is 8.48. The van der Waals surface area contributed by atoms with Crippen molar-refractivity contribution in [2.45, 2.75) is 18.9 Å². The highest BCUT2D eigenvalue weighted by molar-refractivity contribution is 5.67. The Labute approximate surface area is 83.8 Å². The molecule has 0 bridgehead atoms. The van der Waals surface area contributed by atoms with Gasteiger partial charge in [0.15, 0.2) is 0 Å². The van der Waals surface area contributed by atoms with Gasteiger partial charge in [0.1, 0.15) is 0 Å². The fourth-order valence-electron chi connectivity index (χ4n) is 2.42. The maximum Gasteiger partial charge on any atom is 0.305 e. The average Bonchev–Trinajstić information content (AvgIpc) is 2.72. The molecule has 4 heteroatoms. The lowest BCUT2D eigenvalue weighted by Crippen LogP contribution is -2.39. The summed E-state index contributed by atoms with van der Waals surface area (Å²) < 4.78 is 5.06. The van der Waals surface area contributed by atoms with Crippen LogP contribution in [-0.4, -0.2) is 48.8 Å². The third kappa shape index (κ3) is 2.07. The van der Waals surface area contributed by atoms with Gasteiger partial charge in [-0.05, 0) is 18.3 Å². The van der Waals surface area contributed by atoms with E-state index in [4.69, 9.17) is 9.84 Å². The molecule has 0 radical (unpaired) electrons. The molecule has 2 fully saturated rings. The van der Waals surface area contributed by atoms with Crippen molar-refractivity contribution in [2.24, 2.45) is 11.8 Å². The zero-order chi connectivity index (χ0) is 10.1. The molecular formula is C10H17NO3. The van der Waals surface area contributed by atoms with E-state index < -0.39 is 5.97 Å². The van der Waals surface area contributed by atoms with E-state index >= 15 is 0 Å². The molecule has 0 spiro atoms. The van der Waals surface area contributed by atoms with Crippen molar-refractivity contribution in [1.82, 2.24) is 4.90 Å². The predicted octanol–water partition coefficient (Wildman–Crippen LogP) is 0.428. The number of rotatable bonds is 5. The molecule has 0 aromatic carbocycles. The van der Waals surface area contributed by atoms with E-state index in [2.05, 4.69) is 4.90 Å². The second kappa shape index (κ2) is 3.87. The largest absolute Gasteiger partial charge is 0.481 e. The number of carboxylic acids is 1. The highest BCUT2D eigenvalue weighted by atomic mass is 16.5. The van der Waals surface area contributed by atoms with Gasteiger partial charge in [-0.2, -0.15) is 0 Å². The van der Waals surface area contributed by atoms with Crippen molar-refractivity contribution in [1.29, 1.82) is 0 Å². The van der Waals surface area contributed by atoms with Crippen LogP contribution in [-0.2, 0) is 9.53 Å². The van der Waals surface area contributed by atoms with E-state index in [9.17, 15) is 4.79 Å². The van der Waals surface area contributed by atoms with Crippen LogP contribution in [0.2, 0.25) is 0 Å². The first-order valence-corrected chi connectivity index (χ1v) is 5.15. The van der Waals surface area contributed by atoms with Crippen molar-refractivity contribution in [2.75, 3.05) is 26.8 Å². The summed E-state index contributed by atoms with van der Waals surface area (Å²) in [7, 11) is 1.63. The molecule has 1 saturated heterocycles. The van der Waals surface area contributed by atoms with Crippen LogP contribution in [0.1, 0.15) is 12.8 Å². The molecule has 1 aliphatic carbocycles. The molecule has 14 heavy (non-hydrogen) atoms. The van der Waals surface area contributed by atoms with Crippen molar-refractivity contribution >= 4 is 5.97 Å². The van der Waals surface area contributed by atoms with Gasteiger partial charge in [0, 0.05) is 26.2 Å². The Morgan fingerprint density at radius 2 is 2.21 bits per heavy atom. The summed E-state index contributed by atoms with van der Waals surface area (Å²) in [5.74, 6) is 0.971. The average molecular weight is 199 g/mol. The minimum absolute atomic E-state index is 0.0744. The number of carboxylic acid groups (broad SMARTS) is 1. The fourth-order valence-corrected chi connectivity index (χ4v) is 2.42. The molecule has 0 aromatic rings. The van der Waals surface area contributed by atoms with E-state index in [0.717, 1.165) is 24.9 Å². The summed E-state index contributed by atoms with van der Waals surface area (Å²) in [5.41, 5.74) is 0. The maximum absolute atomic E-state index is 10.7. The van der Waals surface area contributed by atoms with Gasteiger partial charge in [0.25, 0.3) is 0 Å². The Morgan fingerprint density at radius 3 is 2.71 bits per heavy atom. The van der Waals surface area contributed by atoms with Crippen LogP contribution in [0.3, 0.4) is 0 Å². The van der Waals surface area contributed by atoms with E-state index in [1.165, 1.54) is 6.42 Å². The van der Waals surface area contributed by atoms with E-state index in [0.29, 0.717) is 6.61 Å². The molecule has 1 saturated carbocycles. The molecule has 3 unspecified atom stereocenters. The standard InChI is InChI=1S/C10H17NO3/c1-14-6-9(3-10(12)13)11-4-7-2-8(7)5-11/h7-9H,2-6H2,1H3,(H,12,13). The Bertz CT molecular complexity index is 221. The first-order chi connectivity index (χ1) is 6.70. The summed E-state index contributed by atoms with van der Waals surface area (Å²) in [6.45, 7) is 2.68. The maximum atomic E-state index is 10.7. The minimum Gasteiger partial charge on any atom is -0.481 e. The number of ether oxygens (including phenoxy) is 1. The van der Waals surface area contributed by atoms with Crippen molar-refractivity contribution < 1.29 is 14.6 Å². The third-order valence-electron chi connectivity index (χ3n) is 3.29. The number of nitrogens with zero attached hydrogens (tertiary/aromatic N) is 1. The number of piperidine rings is 1. The van der Waals surface area contributed by atoms with Crippen molar-refractivity contribution in [3.63, 3.8) is 0 Å². The second-order valence-corrected chi connectivity index (χ2v) is 4.42. The Hall–Kier alpha value is -0.610. The van der Waals surface area contributed by atoms with Gasteiger partial charge in [0.2, 0.25) is 0 Å². The zero-order valence-corrected chi connectivity index (χ0v) is 8.48. The highest BCUT2D eigenvalue weighted by Crippen LogP contribution is 2.45. The molecule has 0 aromatic heterocycles. The Morgan fingerprint density at radius 1 is 1.57 bits per heavy atom. The predicted molar refractivity (Wildman–Crippen MR) is 51.1 cm³/mol. The van der Waals surface area contributed by atoms with E-state index in [1.807, 2.05) is 0 Å². The molecule has 0 amide bonds. The Balaban J connectivity index is 1.85. The number of methoxy groups -OCH3 is 1. The normalized spacial score (nSPS) is 32.6. The number of hydrogen-bond donors (Lipinski definition) is 1. The number of aliphatic carboxylic acids is 1. The van der Waals surface area contributed by atoms with Crippen LogP contribution in [0, 0.1) is 11.8 Å². The van der Waals surface area contributed by atoms with Gasteiger partial charge in [0.05, 0.1) is 13.0 Å². The monoisotopic (exact) mass is 199 g/mol. The van der Waals surface area contributed by atoms with Crippen LogP contribution in [0.5, 0.6) is 0 Å². The van der Waals surface area contributed by atoms with Crippen LogP contribution >= 0.6 is 0 Å². The molecule has 80 valence electrons. The molecule has 2 aliphatic rings. The van der Waals surface area contributed by atoms with Crippen LogP contribution in [0.4, 0.5) is 0 Å². The van der Waals surface area contributed by atoms with Gasteiger partial charge in [-0.1, -0.05) is 0 Å². The number of likely N-dealkylation sites (tertiary alicyclic amines) is 1. The molecule has 4 nitrogen and oxygen atoms in total. The lowest BCUT2D eigenvalue weighted by atomic mass is 10.2. The van der Waals surface area contributed by atoms with E-state index in [1.54, 1.807) is 7.11 Å². The fraction of sp³-hybridized carbons (Fsp3) is 0.900. The minimum atomic E-state index is -0.729. The van der Waals surface area contributed by atoms with Gasteiger partial charge in [-0.25, -0.2) is 0 Å². The summed E-state index contributed by atoms with van der Waals surface area (Å²) in [4.78, 5) is 12.9. The van der Waals surface area contributed by atoms with Gasteiger partial charge in [-0.15, -0.1) is 0 Å². The van der Waals surface area contributed by atoms with Gasteiger partial charge in [-0.3, -0.25) is 9.69 Å². The molecule has 3 atom stereocenters. The van der Waals surface area contributed by atoms with Crippen LogP contribution in [0.25, 0.3) is 0 Å². The molecule has 1 heterocycles. The lowest BCUT2D eigenvalue weighted by Gasteiger charge is -2.27. The van der Waals surface area contributed by atoms with Crippen LogP contribution in [0.15, 0.2) is 0 Å². The first kappa shape index (κ1) is 9.93. The second-order valence-electron chi connectivity index (χ2n) is 4.42. The summed E-state index contributed by atoms with van der Waals surface area (Å²) in [5, 5.41) is 8.77. The topological polar surface area (TPSA) is 49.8 Å². The van der Waals surface area contributed by atoms with Crippen molar-refractivity contribution in [3.05, 3.63) is 0 Å². The SMILES string of the molecule is COCC(CC(=O)O)N1CC2CC2C1. The highest BCUT2D eigenvalue weighted by Gasteiger charge is 2.46. The number of fused-ring (bicyclic) bond motifs is 1. The summed E-state index contributed by atoms with van der Waals surface area (Å²) in [6, 6.07) is 0.0744. The molecule has 1 N–H and O–H groups in total. The number of carbonyl (C=O) groups is 1. The first-order valence-electron chi connectivity index (χ1n) is 5.15. The van der Waals surface area contributed by atoms with Crippen LogP contribution < -0.4 is 0 Å². The third-order valence-corrected chi connectivity index (χ3v) is 3.29.